The average molecular weight is 350 g/mol. The molecule has 0 aliphatic carbocycles. The number of aliphatic hydroxyl groups is 1. The summed E-state index contributed by atoms with van der Waals surface area (Å²) >= 11 is 7.04. The van der Waals surface area contributed by atoms with Crippen LogP contribution in [0.15, 0.2) is 29.2 Å². The Morgan fingerprint density at radius 3 is 2.67 bits per heavy atom. The molecule has 114 valence electrons. The Labute approximate surface area is 131 Å². The van der Waals surface area contributed by atoms with Gasteiger partial charge in [-0.2, -0.15) is 0 Å². The van der Waals surface area contributed by atoms with Crippen molar-refractivity contribution >= 4 is 33.0 Å². The maximum Gasteiger partial charge on any atom is 0.241 e. The molecule has 0 amide bonds. The zero-order valence-electron chi connectivity index (χ0n) is 11.1. The van der Waals surface area contributed by atoms with E-state index in [1.807, 2.05) is 0 Å². The molecule has 4 nitrogen and oxygen atoms in total. The van der Waals surface area contributed by atoms with Crippen LogP contribution in [0.1, 0.15) is 16.0 Å². The zero-order valence-corrected chi connectivity index (χ0v) is 13.4. The Morgan fingerprint density at radius 1 is 1.38 bits per heavy atom. The maximum absolute atomic E-state index is 13.7. The number of rotatable bonds is 5. The minimum absolute atomic E-state index is 0.0175. The number of nitrogens with one attached hydrogen (secondary N) is 1. The highest BCUT2D eigenvalue weighted by Gasteiger charge is 2.20. The van der Waals surface area contributed by atoms with Crippen molar-refractivity contribution in [3.05, 3.63) is 50.4 Å². The summed E-state index contributed by atoms with van der Waals surface area (Å²) < 4.78 is 41.2. The second-order valence-electron chi connectivity index (χ2n) is 4.39. The van der Waals surface area contributed by atoms with E-state index in [1.165, 1.54) is 24.3 Å². The van der Waals surface area contributed by atoms with Gasteiger partial charge in [-0.05, 0) is 36.8 Å². The smallest absolute Gasteiger partial charge is 0.241 e. The largest absolute Gasteiger partial charge is 0.392 e. The normalized spacial score (nSPS) is 11.8. The number of sulfonamides is 1. The van der Waals surface area contributed by atoms with E-state index in [0.717, 1.165) is 10.9 Å². The lowest BCUT2D eigenvalue weighted by Gasteiger charge is -2.11. The van der Waals surface area contributed by atoms with E-state index < -0.39 is 22.4 Å². The van der Waals surface area contributed by atoms with Gasteiger partial charge in [0.05, 0.1) is 15.8 Å². The molecule has 0 saturated carbocycles. The lowest BCUT2D eigenvalue weighted by molar-refractivity contribution is 0.281. The summed E-state index contributed by atoms with van der Waals surface area (Å²) in [4.78, 5) is 0.578. The third-order valence-electron chi connectivity index (χ3n) is 2.89. The molecule has 0 radical (unpaired) electrons. The molecule has 0 atom stereocenters. The van der Waals surface area contributed by atoms with Gasteiger partial charge in [0.1, 0.15) is 5.82 Å². The van der Waals surface area contributed by atoms with Gasteiger partial charge in [0.25, 0.3) is 0 Å². The molecule has 0 aliphatic rings. The molecule has 21 heavy (non-hydrogen) atoms. The molecule has 0 aliphatic heterocycles. The third kappa shape index (κ3) is 3.81. The first kappa shape index (κ1) is 16.4. The van der Waals surface area contributed by atoms with E-state index in [0.29, 0.717) is 4.34 Å². The number of hydrogen-bond donors (Lipinski definition) is 2. The highest BCUT2D eigenvalue weighted by molar-refractivity contribution is 7.89. The van der Waals surface area contributed by atoms with Crippen LogP contribution in [-0.4, -0.2) is 13.5 Å². The second-order valence-corrected chi connectivity index (χ2v) is 7.92. The summed E-state index contributed by atoms with van der Waals surface area (Å²) in [6.07, 6.45) is 0. The van der Waals surface area contributed by atoms with Crippen LogP contribution in [-0.2, 0) is 23.2 Å². The summed E-state index contributed by atoms with van der Waals surface area (Å²) in [5.41, 5.74) is 0.224. The van der Waals surface area contributed by atoms with Gasteiger partial charge in [-0.15, -0.1) is 11.3 Å². The van der Waals surface area contributed by atoms with Crippen LogP contribution in [0.4, 0.5) is 4.39 Å². The van der Waals surface area contributed by atoms with Crippen LogP contribution in [0, 0.1) is 12.7 Å². The molecule has 2 aromatic rings. The molecule has 8 heteroatoms. The van der Waals surface area contributed by atoms with Crippen molar-refractivity contribution in [2.45, 2.75) is 25.0 Å². The Morgan fingerprint density at radius 2 is 2.10 bits per heavy atom. The molecular weight excluding hydrogens is 337 g/mol. The van der Waals surface area contributed by atoms with Crippen LogP contribution in [0.2, 0.25) is 4.34 Å². The van der Waals surface area contributed by atoms with E-state index in [9.17, 15) is 12.8 Å². The third-order valence-corrected chi connectivity index (χ3v) is 5.65. The van der Waals surface area contributed by atoms with Crippen molar-refractivity contribution in [3.8, 4) is 0 Å². The van der Waals surface area contributed by atoms with E-state index in [1.54, 1.807) is 12.1 Å². The Balaban J connectivity index is 2.29. The van der Waals surface area contributed by atoms with E-state index in [-0.39, 0.29) is 22.6 Å². The minimum Gasteiger partial charge on any atom is -0.392 e. The maximum atomic E-state index is 13.7. The second kappa shape index (κ2) is 6.41. The minimum atomic E-state index is -3.87. The van der Waals surface area contributed by atoms with Gasteiger partial charge in [-0.1, -0.05) is 11.6 Å². The number of hydrogen-bond acceptors (Lipinski definition) is 4. The van der Waals surface area contributed by atoms with Crippen molar-refractivity contribution in [2.24, 2.45) is 0 Å². The summed E-state index contributed by atoms with van der Waals surface area (Å²) in [6.45, 7) is 1.03. The Bertz CT molecular complexity index is 759. The molecule has 0 spiro atoms. The summed E-state index contributed by atoms with van der Waals surface area (Å²) in [7, 11) is -3.87. The van der Waals surface area contributed by atoms with Gasteiger partial charge in [0, 0.05) is 17.0 Å². The monoisotopic (exact) mass is 349 g/mol. The Hall–Kier alpha value is -0.990. The molecule has 0 saturated heterocycles. The molecule has 0 bridgehead atoms. The van der Waals surface area contributed by atoms with Gasteiger partial charge >= 0.3 is 0 Å². The van der Waals surface area contributed by atoms with Crippen molar-refractivity contribution < 1.29 is 17.9 Å². The van der Waals surface area contributed by atoms with Crippen molar-refractivity contribution in [1.82, 2.24) is 4.72 Å². The van der Waals surface area contributed by atoms with Crippen LogP contribution in [0.3, 0.4) is 0 Å². The first-order chi connectivity index (χ1) is 9.83. The molecule has 0 unspecified atom stereocenters. The first-order valence-corrected chi connectivity index (χ1v) is 8.65. The molecule has 0 fully saturated rings. The SMILES string of the molecule is Cc1c(F)cc(CO)cc1S(=O)(=O)NCc1ccc(Cl)s1. The average Bonchev–Trinajstić information content (AvgIpc) is 2.85. The predicted molar refractivity (Wildman–Crippen MR) is 80.4 cm³/mol. The van der Waals surface area contributed by atoms with E-state index >= 15 is 0 Å². The molecule has 2 N–H and O–H groups in total. The van der Waals surface area contributed by atoms with E-state index in [4.69, 9.17) is 16.7 Å². The molecule has 2 rings (SSSR count). The van der Waals surface area contributed by atoms with Crippen molar-refractivity contribution in [1.29, 1.82) is 0 Å². The van der Waals surface area contributed by atoms with E-state index in [2.05, 4.69) is 4.72 Å². The number of aliphatic hydroxyl groups excluding tert-OH is 1. The van der Waals surface area contributed by atoms with Gasteiger partial charge in [-0.25, -0.2) is 17.5 Å². The van der Waals surface area contributed by atoms with Crippen LogP contribution < -0.4 is 4.72 Å². The molecule has 1 aromatic heterocycles. The van der Waals surface area contributed by atoms with Crippen molar-refractivity contribution in [3.63, 3.8) is 0 Å². The van der Waals surface area contributed by atoms with Crippen LogP contribution >= 0.6 is 22.9 Å². The lowest BCUT2D eigenvalue weighted by Crippen LogP contribution is -2.24. The van der Waals surface area contributed by atoms with Gasteiger partial charge in [-0.3, -0.25) is 0 Å². The fourth-order valence-corrected chi connectivity index (χ4v) is 4.19. The van der Waals surface area contributed by atoms with Gasteiger partial charge in [0.15, 0.2) is 0 Å². The quantitative estimate of drug-likeness (QED) is 0.872. The number of thiophene rings is 1. The summed E-state index contributed by atoms with van der Waals surface area (Å²) in [5, 5.41) is 9.06. The molecular formula is C13H13ClFNO3S2. The van der Waals surface area contributed by atoms with Gasteiger partial charge in [0.2, 0.25) is 10.0 Å². The fraction of sp³-hybridized carbons (Fsp3) is 0.231. The first-order valence-electron chi connectivity index (χ1n) is 5.97. The fourth-order valence-electron chi connectivity index (χ4n) is 1.77. The number of benzene rings is 1. The number of halogens is 2. The summed E-state index contributed by atoms with van der Waals surface area (Å²) in [6, 6.07) is 5.77. The summed E-state index contributed by atoms with van der Waals surface area (Å²) in [5.74, 6) is -0.666. The highest BCUT2D eigenvalue weighted by Crippen LogP contribution is 2.23. The van der Waals surface area contributed by atoms with Crippen LogP contribution in [0.5, 0.6) is 0 Å². The lowest BCUT2D eigenvalue weighted by atomic mass is 10.1. The standard InChI is InChI=1S/C13H13ClFNO3S2/c1-8-11(15)4-9(7-17)5-12(8)21(18,19)16-6-10-2-3-13(14)20-10/h2-5,16-17H,6-7H2,1H3. The Kier molecular flexibility index (Phi) is 5.00. The molecule has 1 heterocycles. The van der Waals surface area contributed by atoms with Gasteiger partial charge < -0.3 is 5.11 Å². The van der Waals surface area contributed by atoms with Crippen LogP contribution in [0.25, 0.3) is 0 Å². The predicted octanol–water partition coefficient (Wildman–Crippen LogP) is 2.82. The topological polar surface area (TPSA) is 66.4 Å². The zero-order chi connectivity index (χ0) is 15.6. The van der Waals surface area contributed by atoms with Crippen molar-refractivity contribution in [2.75, 3.05) is 0 Å². The molecule has 1 aromatic carbocycles. The highest BCUT2D eigenvalue weighted by atomic mass is 35.5.